The lowest BCUT2D eigenvalue weighted by Crippen LogP contribution is -2.63. The Labute approximate surface area is 178 Å². The molecule has 1 heterocycles. The fourth-order valence-electron chi connectivity index (χ4n) is 3.75. The van der Waals surface area contributed by atoms with Crippen LogP contribution in [0.15, 0.2) is 54.6 Å². The lowest BCUT2D eigenvalue weighted by atomic mass is 9.89. The third-order valence-corrected chi connectivity index (χ3v) is 5.16. The third-order valence-electron chi connectivity index (χ3n) is 5.16. The first-order valence-electron chi connectivity index (χ1n) is 10.3. The van der Waals surface area contributed by atoms with Crippen LogP contribution in [0, 0.1) is 0 Å². The number of carbonyl (C=O) groups is 2. The quantitative estimate of drug-likeness (QED) is 0.762. The number of amides is 2. The first-order valence-corrected chi connectivity index (χ1v) is 10.3. The van der Waals surface area contributed by atoms with Gasteiger partial charge >= 0.3 is 0 Å². The molecule has 0 spiro atoms. The maximum absolute atomic E-state index is 13.2. The summed E-state index contributed by atoms with van der Waals surface area (Å²) in [5, 5.41) is 2.98. The molecule has 160 valence electrons. The molecule has 6 nitrogen and oxygen atoms in total. The van der Waals surface area contributed by atoms with E-state index in [1.807, 2.05) is 44.2 Å². The van der Waals surface area contributed by atoms with Gasteiger partial charge in [0.1, 0.15) is 6.61 Å². The van der Waals surface area contributed by atoms with E-state index in [0.717, 1.165) is 16.7 Å². The number of nitrogens with one attached hydrogen (secondary N) is 1. The number of methoxy groups -OCH3 is 1. The van der Waals surface area contributed by atoms with E-state index in [4.69, 9.17) is 9.47 Å². The Morgan fingerprint density at radius 3 is 2.57 bits per heavy atom. The highest BCUT2D eigenvalue weighted by Gasteiger charge is 2.45. The molecule has 3 rings (SSSR count). The van der Waals surface area contributed by atoms with Crippen LogP contribution in [0.1, 0.15) is 19.4 Å². The summed E-state index contributed by atoms with van der Waals surface area (Å²) in [4.78, 5) is 27.3. The summed E-state index contributed by atoms with van der Waals surface area (Å²) >= 11 is 0. The predicted molar refractivity (Wildman–Crippen MR) is 116 cm³/mol. The summed E-state index contributed by atoms with van der Waals surface area (Å²) in [5.74, 6) is -0.335. The van der Waals surface area contributed by atoms with E-state index in [9.17, 15) is 9.59 Å². The Kier molecular flexibility index (Phi) is 7.24. The molecule has 1 saturated heterocycles. The van der Waals surface area contributed by atoms with Gasteiger partial charge in [0.2, 0.25) is 5.91 Å². The van der Waals surface area contributed by atoms with Crippen LogP contribution in [-0.2, 0) is 25.5 Å². The Balaban J connectivity index is 1.90. The number of morpholine rings is 1. The van der Waals surface area contributed by atoms with Crippen molar-refractivity contribution in [1.82, 2.24) is 10.2 Å². The zero-order valence-electron chi connectivity index (χ0n) is 17.9. The molecule has 1 N–H and O–H groups in total. The van der Waals surface area contributed by atoms with Gasteiger partial charge in [-0.1, -0.05) is 54.6 Å². The van der Waals surface area contributed by atoms with Crippen molar-refractivity contribution in [2.45, 2.75) is 31.9 Å². The summed E-state index contributed by atoms with van der Waals surface area (Å²) in [6.45, 7) is 4.77. The number of hydrogen-bond donors (Lipinski definition) is 1. The molecule has 2 aromatic rings. The van der Waals surface area contributed by atoms with Crippen molar-refractivity contribution in [3.63, 3.8) is 0 Å². The molecule has 0 aromatic heterocycles. The van der Waals surface area contributed by atoms with Gasteiger partial charge < -0.3 is 19.7 Å². The molecular formula is C24H30N2O4. The average Bonchev–Trinajstić information content (AvgIpc) is 2.74. The van der Waals surface area contributed by atoms with E-state index in [2.05, 4.69) is 29.6 Å². The standard InChI is InChI=1S/C24H30N2O4/c1-18(2)25-23(28)24(17-26(12-13-30-24)22(27)16-29-3)15-19-8-7-11-21(14-19)20-9-5-4-6-10-20/h4-11,14,18H,12-13,15-17H2,1-3H3,(H,25,28)/t24-/m1/s1. The molecule has 0 bridgehead atoms. The van der Waals surface area contributed by atoms with Crippen LogP contribution in [0.25, 0.3) is 11.1 Å². The molecule has 0 saturated carbocycles. The molecule has 2 amide bonds. The fraction of sp³-hybridized carbons (Fsp3) is 0.417. The van der Waals surface area contributed by atoms with Gasteiger partial charge in [-0.3, -0.25) is 9.59 Å². The highest BCUT2D eigenvalue weighted by molar-refractivity contribution is 5.87. The number of benzene rings is 2. The van der Waals surface area contributed by atoms with Crippen LogP contribution in [0.3, 0.4) is 0 Å². The van der Waals surface area contributed by atoms with Crippen molar-refractivity contribution in [3.05, 3.63) is 60.2 Å². The molecule has 2 aromatic carbocycles. The third kappa shape index (κ3) is 5.26. The number of ether oxygens (including phenoxy) is 2. The van der Waals surface area contributed by atoms with Crippen LogP contribution in [0.4, 0.5) is 0 Å². The average molecular weight is 411 g/mol. The van der Waals surface area contributed by atoms with Gasteiger partial charge in [0.25, 0.3) is 5.91 Å². The Bertz CT molecular complexity index is 869. The van der Waals surface area contributed by atoms with Gasteiger partial charge in [-0.15, -0.1) is 0 Å². The van der Waals surface area contributed by atoms with Crippen molar-refractivity contribution in [2.24, 2.45) is 0 Å². The number of nitrogens with zero attached hydrogens (tertiary/aromatic N) is 1. The highest BCUT2D eigenvalue weighted by Crippen LogP contribution is 2.27. The van der Waals surface area contributed by atoms with Gasteiger partial charge in [-0.05, 0) is 30.5 Å². The number of rotatable bonds is 7. The zero-order valence-corrected chi connectivity index (χ0v) is 17.9. The topological polar surface area (TPSA) is 67.9 Å². The van der Waals surface area contributed by atoms with Crippen molar-refractivity contribution in [2.75, 3.05) is 33.4 Å². The molecule has 0 radical (unpaired) electrons. The molecule has 6 heteroatoms. The van der Waals surface area contributed by atoms with Gasteiger partial charge in [-0.25, -0.2) is 0 Å². The SMILES string of the molecule is COCC(=O)N1CCO[C@@](Cc2cccc(-c3ccccc3)c2)(C(=O)NC(C)C)C1. The van der Waals surface area contributed by atoms with E-state index in [0.29, 0.717) is 19.6 Å². The van der Waals surface area contributed by atoms with E-state index < -0.39 is 5.60 Å². The molecular weight excluding hydrogens is 380 g/mol. The van der Waals surface area contributed by atoms with Gasteiger partial charge in [0.05, 0.1) is 13.2 Å². The predicted octanol–water partition coefficient (Wildman–Crippen LogP) is 2.66. The maximum atomic E-state index is 13.2. The molecule has 1 atom stereocenters. The minimum absolute atomic E-state index is 0.00856. The van der Waals surface area contributed by atoms with E-state index in [1.165, 1.54) is 7.11 Å². The summed E-state index contributed by atoms with van der Waals surface area (Å²) in [5.41, 5.74) is 2.04. The summed E-state index contributed by atoms with van der Waals surface area (Å²) in [7, 11) is 1.49. The Morgan fingerprint density at radius 1 is 1.13 bits per heavy atom. The second kappa shape index (κ2) is 9.87. The first kappa shape index (κ1) is 22.0. The molecule has 1 aliphatic heterocycles. The minimum atomic E-state index is -1.14. The number of hydrogen-bond acceptors (Lipinski definition) is 4. The van der Waals surface area contributed by atoms with Crippen LogP contribution in [-0.4, -0.2) is 61.8 Å². The van der Waals surface area contributed by atoms with Crippen LogP contribution >= 0.6 is 0 Å². The lowest BCUT2D eigenvalue weighted by molar-refractivity contribution is -0.167. The van der Waals surface area contributed by atoms with Gasteiger partial charge in [0.15, 0.2) is 5.60 Å². The summed E-state index contributed by atoms with van der Waals surface area (Å²) in [6.07, 6.45) is 0.378. The Hall–Kier alpha value is -2.70. The molecule has 1 fully saturated rings. The monoisotopic (exact) mass is 410 g/mol. The van der Waals surface area contributed by atoms with Gasteiger partial charge in [0, 0.05) is 26.1 Å². The maximum Gasteiger partial charge on any atom is 0.254 e. The Morgan fingerprint density at radius 2 is 1.87 bits per heavy atom. The largest absolute Gasteiger partial charge is 0.375 e. The first-order chi connectivity index (χ1) is 14.4. The normalized spacial score (nSPS) is 19.0. The van der Waals surface area contributed by atoms with Crippen LogP contribution in [0.5, 0.6) is 0 Å². The van der Waals surface area contributed by atoms with Crippen molar-refractivity contribution in [1.29, 1.82) is 0 Å². The van der Waals surface area contributed by atoms with Gasteiger partial charge in [-0.2, -0.15) is 0 Å². The van der Waals surface area contributed by atoms with E-state index in [1.54, 1.807) is 4.90 Å². The van der Waals surface area contributed by atoms with Crippen molar-refractivity contribution >= 4 is 11.8 Å². The number of carbonyl (C=O) groups excluding carboxylic acids is 2. The van der Waals surface area contributed by atoms with Crippen LogP contribution < -0.4 is 5.32 Å². The van der Waals surface area contributed by atoms with E-state index >= 15 is 0 Å². The van der Waals surface area contributed by atoms with Crippen molar-refractivity contribution < 1.29 is 19.1 Å². The van der Waals surface area contributed by atoms with Crippen molar-refractivity contribution in [3.8, 4) is 11.1 Å². The zero-order chi connectivity index (χ0) is 21.6. The summed E-state index contributed by atoms with van der Waals surface area (Å²) < 4.78 is 11.1. The highest BCUT2D eigenvalue weighted by atomic mass is 16.5. The van der Waals surface area contributed by atoms with Crippen LogP contribution in [0.2, 0.25) is 0 Å². The summed E-state index contributed by atoms with van der Waals surface area (Å²) in [6, 6.07) is 18.2. The van der Waals surface area contributed by atoms with E-state index in [-0.39, 0.29) is 31.0 Å². The molecule has 1 aliphatic rings. The lowest BCUT2D eigenvalue weighted by Gasteiger charge is -2.42. The molecule has 0 aliphatic carbocycles. The molecule has 0 unspecified atom stereocenters. The second-order valence-corrected chi connectivity index (χ2v) is 7.96. The molecule has 30 heavy (non-hydrogen) atoms. The second-order valence-electron chi connectivity index (χ2n) is 7.96. The minimum Gasteiger partial charge on any atom is -0.375 e. The smallest absolute Gasteiger partial charge is 0.254 e. The fourth-order valence-corrected chi connectivity index (χ4v) is 3.75.